The summed E-state index contributed by atoms with van der Waals surface area (Å²) in [5.41, 5.74) is 6.55. The van der Waals surface area contributed by atoms with E-state index in [2.05, 4.69) is 13.8 Å². The molecule has 0 amide bonds. The van der Waals surface area contributed by atoms with E-state index in [9.17, 15) is 4.79 Å². The molecule has 4 aromatic heterocycles. The molecule has 0 saturated carbocycles. The van der Waals surface area contributed by atoms with Crippen LogP contribution in [0.1, 0.15) is 43.0 Å². The summed E-state index contributed by atoms with van der Waals surface area (Å²) in [5.74, 6) is 0.375. The van der Waals surface area contributed by atoms with Gasteiger partial charge in [-0.1, -0.05) is 37.6 Å². The van der Waals surface area contributed by atoms with Gasteiger partial charge in [0.05, 0.1) is 11.2 Å². The number of hydrogen-bond donors (Lipinski definition) is 0. The van der Waals surface area contributed by atoms with Gasteiger partial charge in [-0.05, 0) is 54.0 Å². The zero-order chi connectivity index (χ0) is 20.6. The summed E-state index contributed by atoms with van der Waals surface area (Å²) >= 11 is 9.03. The summed E-state index contributed by atoms with van der Waals surface area (Å²) in [6.45, 7) is 4.39. The SMILES string of the molecule is CC(C)c1nc2sc3c(=O)n4c(-c5ccc(Cl)cc5)csc4nc3c2c2c1CCC2. The van der Waals surface area contributed by atoms with Gasteiger partial charge < -0.3 is 0 Å². The van der Waals surface area contributed by atoms with Crippen molar-refractivity contribution in [2.24, 2.45) is 0 Å². The predicted octanol–water partition coefficient (Wildman–Crippen LogP) is 6.45. The lowest BCUT2D eigenvalue weighted by molar-refractivity contribution is 0.805. The van der Waals surface area contributed by atoms with Crippen molar-refractivity contribution in [1.82, 2.24) is 14.4 Å². The first kappa shape index (κ1) is 18.5. The third-order valence-electron chi connectivity index (χ3n) is 5.92. The number of aromatic nitrogens is 3. The van der Waals surface area contributed by atoms with E-state index in [4.69, 9.17) is 21.6 Å². The van der Waals surface area contributed by atoms with E-state index in [1.165, 1.54) is 39.5 Å². The van der Waals surface area contributed by atoms with Gasteiger partial charge in [0.1, 0.15) is 9.53 Å². The fourth-order valence-electron chi connectivity index (χ4n) is 4.57. The second-order valence-corrected chi connectivity index (χ2v) is 10.4. The van der Waals surface area contributed by atoms with Gasteiger partial charge in [-0.2, -0.15) is 0 Å². The van der Waals surface area contributed by atoms with E-state index in [0.29, 0.717) is 15.6 Å². The molecule has 0 unspecified atom stereocenters. The molecule has 0 fully saturated rings. The summed E-state index contributed by atoms with van der Waals surface area (Å²) in [6, 6.07) is 7.57. The van der Waals surface area contributed by atoms with Crippen LogP contribution in [0.3, 0.4) is 0 Å². The van der Waals surface area contributed by atoms with Crippen molar-refractivity contribution in [2.75, 3.05) is 0 Å². The molecule has 6 rings (SSSR count). The van der Waals surface area contributed by atoms with Crippen molar-refractivity contribution in [3.05, 3.63) is 61.8 Å². The molecule has 0 aliphatic heterocycles. The van der Waals surface area contributed by atoms with Gasteiger partial charge in [0.2, 0.25) is 0 Å². The Morgan fingerprint density at radius 3 is 2.63 bits per heavy atom. The Morgan fingerprint density at radius 2 is 1.87 bits per heavy atom. The first-order valence-corrected chi connectivity index (χ1v) is 12.1. The second-order valence-electron chi connectivity index (χ2n) is 8.09. The summed E-state index contributed by atoms with van der Waals surface area (Å²) in [5, 5.41) is 3.78. The lowest BCUT2D eigenvalue weighted by atomic mass is 9.99. The third kappa shape index (κ3) is 2.54. The molecule has 0 N–H and O–H groups in total. The second kappa shape index (κ2) is 6.61. The van der Waals surface area contributed by atoms with Crippen molar-refractivity contribution < 1.29 is 0 Å². The number of hydrogen-bond acceptors (Lipinski definition) is 5. The number of fused-ring (bicyclic) bond motifs is 6. The Labute approximate surface area is 185 Å². The molecular formula is C23H18ClN3OS2. The molecule has 5 aromatic rings. The Morgan fingerprint density at radius 1 is 1.10 bits per heavy atom. The first-order valence-electron chi connectivity index (χ1n) is 10.1. The van der Waals surface area contributed by atoms with Crippen molar-refractivity contribution in [2.45, 2.75) is 39.0 Å². The predicted molar refractivity (Wildman–Crippen MR) is 127 cm³/mol. The minimum Gasteiger partial charge on any atom is -0.267 e. The van der Waals surface area contributed by atoms with E-state index in [1.807, 2.05) is 29.6 Å². The smallest absolute Gasteiger partial charge is 0.267 e. The maximum Gasteiger partial charge on any atom is 0.277 e. The Kier molecular flexibility index (Phi) is 4.07. The molecule has 0 saturated heterocycles. The van der Waals surface area contributed by atoms with Crippen LogP contribution in [0.5, 0.6) is 0 Å². The number of halogens is 1. The maximum absolute atomic E-state index is 13.6. The molecule has 0 bridgehead atoms. The molecule has 4 heterocycles. The largest absolute Gasteiger partial charge is 0.277 e. The first-order chi connectivity index (χ1) is 14.5. The zero-order valence-electron chi connectivity index (χ0n) is 16.5. The highest BCUT2D eigenvalue weighted by Gasteiger charge is 2.26. The average molecular weight is 452 g/mol. The topological polar surface area (TPSA) is 47.3 Å². The van der Waals surface area contributed by atoms with Gasteiger partial charge in [-0.15, -0.1) is 22.7 Å². The van der Waals surface area contributed by atoms with Crippen LogP contribution in [-0.4, -0.2) is 14.4 Å². The van der Waals surface area contributed by atoms with E-state index in [-0.39, 0.29) is 5.56 Å². The molecule has 1 aliphatic rings. The van der Waals surface area contributed by atoms with Gasteiger partial charge in [0.25, 0.3) is 5.56 Å². The lowest BCUT2D eigenvalue weighted by Crippen LogP contribution is -2.13. The molecular weight excluding hydrogens is 434 g/mol. The summed E-state index contributed by atoms with van der Waals surface area (Å²) in [7, 11) is 0. The van der Waals surface area contributed by atoms with Crippen LogP contribution in [0.25, 0.3) is 36.7 Å². The third-order valence-corrected chi connectivity index (χ3v) is 8.05. The zero-order valence-corrected chi connectivity index (χ0v) is 18.9. The van der Waals surface area contributed by atoms with Crippen LogP contribution in [0.2, 0.25) is 5.02 Å². The number of pyridine rings is 1. The van der Waals surface area contributed by atoms with Gasteiger partial charge >= 0.3 is 0 Å². The fraction of sp³-hybridized carbons (Fsp3) is 0.261. The van der Waals surface area contributed by atoms with Gasteiger partial charge in [0.15, 0.2) is 4.96 Å². The quantitative estimate of drug-likeness (QED) is 0.309. The normalized spacial score (nSPS) is 13.9. The van der Waals surface area contributed by atoms with Crippen LogP contribution < -0.4 is 5.56 Å². The summed E-state index contributed by atoms with van der Waals surface area (Å²) in [4.78, 5) is 25.2. The number of nitrogens with zero attached hydrogens (tertiary/aromatic N) is 3. The fourth-order valence-corrected chi connectivity index (χ4v) is 6.67. The van der Waals surface area contributed by atoms with E-state index in [0.717, 1.165) is 51.2 Å². The summed E-state index contributed by atoms with van der Waals surface area (Å²) < 4.78 is 2.42. The highest BCUT2D eigenvalue weighted by molar-refractivity contribution is 7.25. The van der Waals surface area contributed by atoms with Crippen LogP contribution in [0.4, 0.5) is 0 Å². The maximum atomic E-state index is 13.6. The monoisotopic (exact) mass is 451 g/mol. The Bertz CT molecular complexity index is 1530. The van der Waals surface area contributed by atoms with Crippen LogP contribution in [0, 0.1) is 0 Å². The molecule has 1 aromatic carbocycles. The highest BCUT2D eigenvalue weighted by Crippen LogP contribution is 2.40. The van der Waals surface area contributed by atoms with Gasteiger partial charge in [0, 0.05) is 21.5 Å². The Hall–Kier alpha value is -2.28. The average Bonchev–Trinajstić information content (AvgIpc) is 3.44. The minimum absolute atomic E-state index is 0.0120. The number of rotatable bonds is 2. The molecule has 0 radical (unpaired) electrons. The molecule has 1 aliphatic carbocycles. The van der Waals surface area contributed by atoms with E-state index >= 15 is 0 Å². The van der Waals surface area contributed by atoms with Crippen LogP contribution in [-0.2, 0) is 12.8 Å². The van der Waals surface area contributed by atoms with Crippen molar-refractivity contribution in [1.29, 1.82) is 0 Å². The number of thiazole rings is 1. The van der Waals surface area contributed by atoms with Crippen molar-refractivity contribution in [3.63, 3.8) is 0 Å². The Balaban J connectivity index is 1.70. The van der Waals surface area contributed by atoms with Crippen LogP contribution >= 0.6 is 34.3 Å². The van der Waals surface area contributed by atoms with Gasteiger partial charge in [-0.25, -0.2) is 14.4 Å². The summed E-state index contributed by atoms with van der Waals surface area (Å²) in [6.07, 6.45) is 3.26. The molecule has 150 valence electrons. The van der Waals surface area contributed by atoms with E-state index in [1.54, 1.807) is 4.40 Å². The number of aryl methyl sites for hydroxylation is 1. The number of thiophene rings is 1. The molecule has 30 heavy (non-hydrogen) atoms. The minimum atomic E-state index is -0.0120. The van der Waals surface area contributed by atoms with Gasteiger partial charge in [-0.3, -0.25) is 4.79 Å². The number of benzene rings is 1. The van der Waals surface area contributed by atoms with Crippen LogP contribution in [0.15, 0.2) is 34.4 Å². The molecule has 7 heteroatoms. The van der Waals surface area contributed by atoms with Crippen molar-refractivity contribution >= 4 is 59.7 Å². The molecule has 4 nitrogen and oxygen atoms in total. The standard InChI is InChI=1S/C23H18ClN3OS2/c1-11(2)18-15-5-3-4-14(15)17-19-20(30-21(17)25-18)22(28)27-16(10-29-23(27)26-19)12-6-8-13(24)9-7-12/h6-11H,3-5H2,1-2H3. The lowest BCUT2D eigenvalue weighted by Gasteiger charge is -2.11. The van der Waals surface area contributed by atoms with E-state index < -0.39 is 0 Å². The molecule has 0 atom stereocenters. The van der Waals surface area contributed by atoms with Crippen molar-refractivity contribution in [3.8, 4) is 11.3 Å². The highest BCUT2D eigenvalue weighted by atomic mass is 35.5. The molecule has 0 spiro atoms.